The molecule has 1 amide bonds. The summed E-state index contributed by atoms with van der Waals surface area (Å²) in [6.07, 6.45) is 1.11. The molecule has 0 spiro atoms. The normalized spacial score (nSPS) is 13.3. The number of rotatable bonds is 5. The van der Waals surface area contributed by atoms with Gasteiger partial charge in [0.1, 0.15) is 5.75 Å². The third-order valence-corrected chi connectivity index (χ3v) is 5.82. The third-order valence-electron chi connectivity index (χ3n) is 4.79. The van der Waals surface area contributed by atoms with Crippen molar-refractivity contribution in [2.24, 2.45) is 0 Å². The lowest BCUT2D eigenvalue weighted by atomic mass is 10.1. The molecule has 1 aliphatic rings. The highest BCUT2D eigenvalue weighted by atomic mass is 32.1. The van der Waals surface area contributed by atoms with Crippen LogP contribution in [0.4, 0.5) is 11.4 Å². The summed E-state index contributed by atoms with van der Waals surface area (Å²) in [7, 11) is 0. The molecule has 1 aromatic heterocycles. The number of fused-ring (bicyclic) bond motifs is 1. The summed E-state index contributed by atoms with van der Waals surface area (Å²) < 4.78 is 5.76. The van der Waals surface area contributed by atoms with Crippen molar-refractivity contribution in [1.29, 1.82) is 0 Å². The van der Waals surface area contributed by atoms with Crippen LogP contribution < -0.4 is 15.0 Å². The smallest absolute Gasteiger partial charge is 0.259 e. The van der Waals surface area contributed by atoms with Crippen molar-refractivity contribution in [3.05, 3.63) is 76.0 Å². The van der Waals surface area contributed by atoms with Crippen LogP contribution in [0.3, 0.4) is 0 Å². The zero-order valence-electron chi connectivity index (χ0n) is 16.1. The Morgan fingerprint density at radius 2 is 1.89 bits per heavy atom. The zero-order valence-corrected chi connectivity index (χ0v) is 17.0. The highest BCUT2D eigenvalue weighted by molar-refractivity contribution is 7.10. The molecule has 1 N–H and O–H groups in total. The first-order valence-electron chi connectivity index (χ1n) is 9.57. The van der Waals surface area contributed by atoms with Gasteiger partial charge in [-0.05, 0) is 73.7 Å². The number of amides is 1. The Bertz CT molecular complexity index is 963. The van der Waals surface area contributed by atoms with Crippen LogP contribution in [0.15, 0.2) is 60.0 Å². The average molecular weight is 393 g/mol. The van der Waals surface area contributed by atoms with E-state index in [2.05, 4.69) is 33.8 Å². The number of carbonyl (C=O) groups excluding carboxylic acids is 1. The number of anilines is 2. The van der Waals surface area contributed by atoms with Crippen LogP contribution in [0.25, 0.3) is 0 Å². The van der Waals surface area contributed by atoms with Gasteiger partial charge in [0, 0.05) is 29.3 Å². The number of carbonyl (C=O) groups is 1. The van der Waals surface area contributed by atoms with Gasteiger partial charge >= 0.3 is 0 Å². The minimum Gasteiger partial charge on any atom is -0.490 e. The Kier molecular flexibility index (Phi) is 5.35. The zero-order chi connectivity index (χ0) is 19.5. The number of ether oxygens (including phenoxy) is 1. The molecule has 2 aromatic carbocycles. The second-order valence-corrected chi connectivity index (χ2v) is 8.21. The molecule has 0 unspecified atom stereocenters. The maximum absolute atomic E-state index is 12.7. The quantitative estimate of drug-likeness (QED) is 0.636. The summed E-state index contributed by atoms with van der Waals surface area (Å²) in [5.74, 6) is 0.441. The Labute approximate surface area is 169 Å². The maximum Gasteiger partial charge on any atom is 0.259 e. The van der Waals surface area contributed by atoms with Gasteiger partial charge in [0.25, 0.3) is 5.91 Å². The first kappa shape index (κ1) is 18.6. The maximum atomic E-state index is 12.7. The minimum atomic E-state index is -0.162. The number of nitrogens with one attached hydrogen (secondary N) is 1. The van der Waals surface area contributed by atoms with Crippen LogP contribution in [-0.2, 0) is 13.0 Å². The lowest BCUT2D eigenvalue weighted by Crippen LogP contribution is -2.29. The van der Waals surface area contributed by atoms with Crippen LogP contribution >= 0.6 is 11.3 Å². The summed E-state index contributed by atoms with van der Waals surface area (Å²) in [4.78, 5) is 16.6. The fourth-order valence-electron chi connectivity index (χ4n) is 3.43. The SMILES string of the molecule is CC(C)Oc1ccccc1C(=O)Nc1ccc(N2CCc3sccc3C2)cc1. The molecular formula is C23H24N2O2S. The van der Waals surface area contributed by atoms with Gasteiger partial charge in [-0.1, -0.05) is 12.1 Å². The highest BCUT2D eigenvalue weighted by Gasteiger charge is 2.18. The van der Waals surface area contributed by atoms with E-state index in [1.54, 1.807) is 6.07 Å². The molecule has 144 valence electrons. The summed E-state index contributed by atoms with van der Waals surface area (Å²) in [5, 5.41) is 5.15. The lowest BCUT2D eigenvalue weighted by molar-refractivity contribution is 0.102. The van der Waals surface area contributed by atoms with Gasteiger partial charge in [0.15, 0.2) is 0 Å². The van der Waals surface area contributed by atoms with E-state index in [0.717, 1.165) is 25.2 Å². The second-order valence-electron chi connectivity index (χ2n) is 7.20. The van der Waals surface area contributed by atoms with Crippen LogP contribution in [0.1, 0.15) is 34.6 Å². The van der Waals surface area contributed by atoms with Gasteiger partial charge in [-0.3, -0.25) is 4.79 Å². The fourth-order valence-corrected chi connectivity index (χ4v) is 4.32. The second kappa shape index (κ2) is 8.07. The molecule has 0 aliphatic carbocycles. The highest BCUT2D eigenvalue weighted by Crippen LogP contribution is 2.29. The van der Waals surface area contributed by atoms with Crippen molar-refractivity contribution >= 4 is 28.6 Å². The van der Waals surface area contributed by atoms with Gasteiger partial charge < -0.3 is 15.0 Å². The van der Waals surface area contributed by atoms with Crippen molar-refractivity contribution in [2.45, 2.75) is 32.9 Å². The van der Waals surface area contributed by atoms with Gasteiger partial charge in [-0.2, -0.15) is 0 Å². The van der Waals surface area contributed by atoms with E-state index in [9.17, 15) is 4.79 Å². The van der Waals surface area contributed by atoms with Gasteiger partial charge in [-0.25, -0.2) is 0 Å². The molecule has 28 heavy (non-hydrogen) atoms. The third kappa shape index (κ3) is 4.04. The molecule has 0 saturated heterocycles. The first-order chi connectivity index (χ1) is 13.6. The van der Waals surface area contributed by atoms with E-state index >= 15 is 0 Å². The van der Waals surface area contributed by atoms with Gasteiger partial charge in [-0.15, -0.1) is 11.3 Å². The van der Waals surface area contributed by atoms with Crippen molar-refractivity contribution in [1.82, 2.24) is 0 Å². The molecule has 5 heteroatoms. The largest absolute Gasteiger partial charge is 0.490 e. The van der Waals surface area contributed by atoms with Gasteiger partial charge in [0.05, 0.1) is 11.7 Å². The average Bonchev–Trinajstić information content (AvgIpc) is 3.16. The molecule has 0 bridgehead atoms. The van der Waals surface area contributed by atoms with E-state index in [4.69, 9.17) is 4.74 Å². The monoisotopic (exact) mass is 392 g/mol. The Hall–Kier alpha value is -2.79. The Morgan fingerprint density at radius 3 is 2.68 bits per heavy atom. The molecule has 0 atom stereocenters. The lowest BCUT2D eigenvalue weighted by Gasteiger charge is -2.29. The van der Waals surface area contributed by atoms with Crippen LogP contribution in [0.2, 0.25) is 0 Å². The summed E-state index contributed by atoms with van der Waals surface area (Å²) in [6, 6.07) is 17.6. The van der Waals surface area contributed by atoms with Crippen molar-refractivity contribution in [3.8, 4) is 5.75 Å². The molecule has 2 heterocycles. The van der Waals surface area contributed by atoms with E-state index < -0.39 is 0 Å². The molecule has 3 aromatic rings. The molecular weight excluding hydrogens is 368 g/mol. The molecule has 0 radical (unpaired) electrons. The Balaban J connectivity index is 1.45. The number of hydrogen-bond donors (Lipinski definition) is 1. The predicted molar refractivity (Wildman–Crippen MR) is 116 cm³/mol. The number of hydrogen-bond acceptors (Lipinski definition) is 4. The number of benzene rings is 2. The summed E-state index contributed by atoms with van der Waals surface area (Å²) in [6.45, 7) is 5.88. The number of thiophene rings is 1. The summed E-state index contributed by atoms with van der Waals surface area (Å²) >= 11 is 1.85. The standard InChI is InChI=1S/C23H24N2O2S/c1-16(2)27-21-6-4-3-5-20(21)23(26)24-18-7-9-19(10-8-18)25-13-11-22-17(15-25)12-14-28-22/h3-10,12,14,16H,11,13,15H2,1-2H3,(H,24,26). The van der Waals surface area contributed by atoms with Crippen LogP contribution in [0, 0.1) is 0 Å². The molecule has 0 fully saturated rings. The van der Waals surface area contributed by atoms with Crippen LogP contribution in [-0.4, -0.2) is 18.6 Å². The molecule has 0 saturated carbocycles. The minimum absolute atomic E-state index is 0.0153. The fraction of sp³-hybridized carbons (Fsp3) is 0.261. The van der Waals surface area contributed by atoms with Crippen molar-refractivity contribution in [2.75, 3.05) is 16.8 Å². The van der Waals surface area contributed by atoms with E-state index in [0.29, 0.717) is 11.3 Å². The predicted octanol–water partition coefficient (Wildman–Crippen LogP) is 5.35. The number of para-hydroxylation sites is 1. The van der Waals surface area contributed by atoms with Crippen molar-refractivity contribution < 1.29 is 9.53 Å². The van der Waals surface area contributed by atoms with Crippen LogP contribution in [0.5, 0.6) is 5.75 Å². The first-order valence-corrected chi connectivity index (χ1v) is 10.5. The topological polar surface area (TPSA) is 41.6 Å². The Morgan fingerprint density at radius 1 is 1.11 bits per heavy atom. The van der Waals surface area contributed by atoms with E-state index in [1.807, 2.05) is 55.5 Å². The molecule has 4 nitrogen and oxygen atoms in total. The van der Waals surface area contributed by atoms with E-state index in [-0.39, 0.29) is 12.0 Å². The number of nitrogens with zero attached hydrogens (tertiary/aromatic N) is 1. The van der Waals surface area contributed by atoms with Crippen molar-refractivity contribution in [3.63, 3.8) is 0 Å². The van der Waals surface area contributed by atoms with E-state index in [1.165, 1.54) is 16.1 Å². The molecule has 4 rings (SSSR count). The summed E-state index contributed by atoms with van der Waals surface area (Å²) in [5.41, 5.74) is 3.93. The van der Waals surface area contributed by atoms with Gasteiger partial charge in [0.2, 0.25) is 0 Å². The molecule has 1 aliphatic heterocycles.